The van der Waals surface area contributed by atoms with Crippen molar-refractivity contribution in [2.75, 3.05) is 13.1 Å². The van der Waals surface area contributed by atoms with Gasteiger partial charge in [-0.3, -0.25) is 0 Å². The van der Waals surface area contributed by atoms with Crippen LogP contribution in [0.2, 0.25) is 0 Å². The lowest BCUT2D eigenvalue weighted by Crippen LogP contribution is -2.34. The normalized spacial score (nSPS) is 22.8. The van der Waals surface area contributed by atoms with E-state index in [0.717, 1.165) is 0 Å². The van der Waals surface area contributed by atoms with Gasteiger partial charge in [0.1, 0.15) is 0 Å². The number of hydrogen-bond acceptors (Lipinski definition) is 2. The van der Waals surface area contributed by atoms with E-state index in [2.05, 4.69) is 62.2 Å². The first-order valence-corrected chi connectivity index (χ1v) is 8.13. The van der Waals surface area contributed by atoms with Gasteiger partial charge in [-0.05, 0) is 65.6 Å². The van der Waals surface area contributed by atoms with Gasteiger partial charge in [0.05, 0.1) is 0 Å². The van der Waals surface area contributed by atoms with Gasteiger partial charge in [-0.15, -0.1) is 0 Å². The molecule has 1 aliphatic heterocycles. The Morgan fingerprint density at radius 1 is 1.05 bits per heavy atom. The second kappa shape index (κ2) is 7.24. The minimum absolute atomic E-state index is 0.450. The van der Waals surface area contributed by atoms with Crippen LogP contribution in [0, 0.1) is 6.92 Å². The molecular formula is C18H30N2. The first-order chi connectivity index (χ1) is 9.56. The maximum atomic E-state index is 3.83. The van der Waals surface area contributed by atoms with E-state index in [1.807, 2.05) is 0 Å². The Labute approximate surface area is 124 Å². The van der Waals surface area contributed by atoms with Gasteiger partial charge in [0.25, 0.3) is 0 Å². The standard InChI is InChI=1S/C18H30N2/c1-14(2)20-12-5-6-18(11-13-20)19-16(4)17-9-7-15(3)8-10-17/h7-10,14,16,18-19H,5-6,11-13H2,1-4H3/t16-,18?/m0/s1. The smallest absolute Gasteiger partial charge is 0.0294 e. The summed E-state index contributed by atoms with van der Waals surface area (Å²) < 4.78 is 0. The van der Waals surface area contributed by atoms with Gasteiger partial charge in [-0.1, -0.05) is 29.8 Å². The van der Waals surface area contributed by atoms with Gasteiger partial charge in [0.2, 0.25) is 0 Å². The fraction of sp³-hybridized carbons (Fsp3) is 0.667. The van der Waals surface area contributed by atoms with E-state index in [1.165, 1.54) is 43.5 Å². The molecule has 2 rings (SSSR count). The fourth-order valence-corrected chi connectivity index (χ4v) is 3.11. The summed E-state index contributed by atoms with van der Waals surface area (Å²) in [5, 5.41) is 3.83. The molecule has 1 saturated heterocycles. The van der Waals surface area contributed by atoms with Crippen LogP contribution < -0.4 is 5.32 Å². The number of nitrogens with one attached hydrogen (secondary N) is 1. The third-order valence-corrected chi connectivity index (χ3v) is 4.56. The summed E-state index contributed by atoms with van der Waals surface area (Å²) in [6.45, 7) is 11.5. The third-order valence-electron chi connectivity index (χ3n) is 4.56. The Morgan fingerprint density at radius 3 is 2.40 bits per heavy atom. The Kier molecular flexibility index (Phi) is 5.62. The van der Waals surface area contributed by atoms with Gasteiger partial charge in [-0.25, -0.2) is 0 Å². The highest BCUT2D eigenvalue weighted by Gasteiger charge is 2.20. The monoisotopic (exact) mass is 274 g/mol. The summed E-state index contributed by atoms with van der Waals surface area (Å²) in [6.07, 6.45) is 3.89. The molecule has 0 bridgehead atoms. The minimum atomic E-state index is 0.450. The average molecular weight is 274 g/mol. The molecule has 0 aliphatic carbocycles. The van der Waals surface area contributed by atoms with Crippen molar-refractivity contribution < 1.29 is 0 Å². The molecule has 1 fully saturated rings. The van der Waals surface area contributed by atoms with Crippen LogP contribution in [-0.4, -0.2) is 30.1 Å². The third kappa shape index (κ3) is 4.32. The van der Waals surface area contributed by atoms with Crippen LogP contribution in [-0.2, 0) is 0 Å². The number of rotatable bonds is 4. The highest BCUT2D eigenvalue weighted by molar-refractivity contribution is 5.23. The van der Waals surface area contributed by atoms with E-state index >= 15 is 0 Å². The van der Waals surface area contributed by atoms with Gasteiger partial charge in [0.15, 0.2) is 0 Å². The number of hydrogen-bond donors (Lipinski definition) is 1. The Morgan fingerprint density at radius 2 is 1.75 bits per heavy atom. The molecule has 112 valence electrons. The highest BCUT2D eigenvalue weighted by atomic mass is 15.1. The van der Waals surface area contributed by atoms with E-state index < -0.39 is 0 Å². The van der Waals surface area contributed by atoms with E-state index in [-0.39, 0.29) is 0 Å². The predicted molar refractivity (Wildman–Crippen MR) is 87.1 cm³/mol. The maximum absolute atomic E-state index is 3.83. The van der Waals surface area contributed by atoms with Crippen molar-refractivity contribution in [3.63, 3.8) is 0 Å². The molecule has 1 aromatic rings. The van der Waals surface area contributed by atoms with Crippen molar-refractivity contribution in [2.24, 2.45) is 0 Å². The molecule has 2 heteroatoms. The largest absolute Gasteiger partial charge is 0.307 e. The van der Waals surface area contributed by atoms with Crippen LogP contribution in [0.5, 0.6) is 0 Å². The van der Waals surface area contributed by atoms with Gasteiger partial charge >= 0.3 is 0 Å². The summed E-state index contributed by atoms with van der Waals surface area (Å²) in [6, 6.07) is 10.7. The molecule has 0 radical (unpaired) electrons. The van der Waals surface area contributed by atoms with Crippen LogP contribution in [0.1, 0.15) is 57.2 Å². The van der Waals surface area contributed by atoms with Crippen molar-refractivity contribution in [2.45, 2.75) is 65.1 Å². The van der Waals surface area contributed by atoms with Crippen LogP contribution in [0.15, 0.2) is 24.3 Å². The molecule has 1 aromatic carbocycles. The van der Waals surface area contributed by atoms with Crippen molar-refractivity contribution >= 4 is 0 Å². The molecule has 20 heavy (non-hydrogen) atoms. The second-order valence-electron chi connectivity index (χ2n) is 6.56. The molecule has 0 saturated carbocycles. The van der Waals surface area contributed by atoms with E-state index in [4.69, 9.17) is 0 Å². The van der Waals surface area contributed by atoms with Crippen LogP contribution >= 0.6 is 0 Å². The molecule has 2 atom stereocenters. The number of nitrogens with zero attached hydrogens (tertiary/aromatic N) is 1. The van der Waals surface area contributed by atoms with Crippen LogP contribution in [0.3, 0.4) is 0 Å². The molecule has 1 N–H and O–H groups in total. The van der Waals surface area contributed by atoms with Crippen molar-refractivity contribution in [1.82, 2.24) is 10.2 Å². The zero-order chi connectivity index (χ0) is 14.5. The quantitative estimate of drug-likeness (QED) is 0.895. The number of aryl methyl sites for hydroxylation is 1. The van der Waals surface area contributed by atoms with Crippen molar-refractivity contribution in [1.29, 1.82) is 0 Å². The van der Waals surface area contributed by atoms with Gasteiger partial charge < -0.3 is 10.2 Å². The minimum Gasteiger partial charge on any atom is -0.307 e. The van der Waals surface area contributed by atoms with E-state index in [0.29, 0.717) is 18.1 Å². The molecule has 1 heterocycles. The zero-order valence-corrected chi connectivity index (χ0v) is 13.5. The van der Waals surface area contributed by atoms with Crippen LogP contribution in [0.25, 0.3) is 0 Å². The number of likely N-dealkylation sites (tertiary alicyclic amines) is 1. The Bertz CT molecular complexity index is 396. The lowest BCUT2D eigenvalue weighted by atomic mass is 10.0. The molecular weight excluding hydrogens is 244 g/mol. The molecule has 1 unspecified atom stereocenters. The SMILES string of the molecule is Cc1ccc([C@H](C)NC2CCCN(C(C)C)CC2)cc1. The van der Waals surface area contributed by atoms with E-state index in [1.54, 1.807) is 0 Å². The topological polar surface area (TPSA) is 15.3 Å². The Balaban J connectivity index is 1.88. The lowest BCUT2D eigenvalue weighted by molar-refractivity contribution is 0.228. The lowest BCUT2D eigenvalue weighted by Gasteiger charge is -2.25. The van der Waals surface area contributed by atoms with Crippen LogP contribution in [0.4, 0.5) is 0 Å². The number of benzene rings is 1. The Hall–Kier alpha value is -0.860. The van der Waals surface area contributed by atoms with Gasteiger partial charge in [0, 0.05) is 18.1 Å². The maximum Gasteiger partial charge on any atom is 0.0294 e. The van der Waals surface area contributed by atoms with Crippen molar-refractivity contribution in [3.8, 4) is 0 Å². The van der Waals surface area contributed by atoms with Gasteiger partial charge in [-0.2, -0.15) is 0 Å². The summed E-state index contributed by atoms with van der Waals surface area (Å²) in [7, 11) is 0. The summed E-state index contributed by atoms with van der Waals surface area (Å²) in [5.74, 6) is 0. The van der Waals surface area contributed by atoms with Crippen molar-refractivity contribution in [3.05, 3.63) is 35.4 Å². The molecule has 0 aromatic heterocycles. The first kappa shape index (κ1) is 15.5. The predicted octanol–water partition coefficient (Wildman–Crippen LogP) is 3.91. The molecule has 2 nitrogen and oxygen atoms in total. The molecule has 1 aliphatic rings. The summed E-state index contributed by atoms with van der Waals surface area (Å²) in [4.78, 5) is 2.61. The second-order valence-corrected chi connectivity index (χ2v) is 6.56. The summed E-state index contributed by atoms with van der Waals surface area (Å²) in [5.41, 5.74) is 2.74. The first-order valence-electron chi connectivity index (χ1n) is 8.13. The van der Waals surface area contributed by atoms with E-state index in [9.17, 15) is 0 Å². The highest BCUT2D eigenvalue weighted by Crippen LogP contribution is 2.19. The average Bonchev–Trinajstić information content (AvgIpc) is 2.65. The molecule has 0 amide bonds. The molecule has 0 spiro atoms. The fourth-order valence-electron chi connectivity index (χ4n) is 3.11. The zero-order valence-electron chi connectivity index (χ0n) is 13.5. The summed E-state index contributed by atoms with van der Waals surface area (Å²) >= 11 is 0.